The lowest BCUT2D eigenvalue weighted by Gasteiger charge is -2.27. The van der Waals surface area contributed by atoms with Gasteiger partial charge in [0.25, 0.3) is 5.91 Å². The third kappa shape index (κ3) is 3.48. The highest BCUT2D eigenvalue weighted by atomic mass is 79.9. The lowest BCUT2D eigenvalue weighted by Crippen LogP contribution is -2.38. The molecule has 0 bridgehead atoms. The zero-order chi connectivity index (χ0) is 13.7. The van der Waals surface area contributed by atoms with E-state index in [2.05, 4.69) is 15.9 Å². The zero-order valence-corrected chi connectivity index (χ0v) is 13.1. The van der Waals surface area contributed by atoms with Crippen molar-refractivity contribution in [2.45, 2.75) is 19.4 Å². The number of hydrogen-bond donors (Lipinski definition) is 0. The molecule has 0 N–H and O–H groups in total. The Morgan fingerprint density at radius 1 is 1.56 bits per heavy atom. The van der Waals surface area contributed by atoms with Gasteiger partial charge in [0, 0.05) is 18.8 Å². The molecule has 0 aromatic heterocycles. The number of rotatable bonds is 5. The molecule has 1 aromatic rings. The van der Waals surface area contributed by atoms with Gasteiger partial charge in [0.1, 0.15) is 5.82 Å². The van der Waals surface area contributed by atoms with Crippen LogP contribution < -0.4 is 0 Å². The Labute approximate surface area is 120 Å². The quantitative estimate of drug-likeness (QED) is 0.816. The van der Waals surface area contributed by atoms with E-state index in [9.17, 15) is 9.18 Å². The predicted molar refractivity (Wildman–Crippen MR) is 78.7 cm³/mol. The van der Waals surface area contributed by atoms with Crippen LogP contribution in [0.1, 0.15) is 23.7 Å². The lowest BCUT2D eigenvalue weighted by molar-refractivity contribution is 0.0742. The summed E-state index contributed by atoms with van der Waals surface area (Å²) in [6.45, 7) is 2.05. The zero-order valence-electron chi connectivity index (χ0n) is 10.7. The molecule has 0 saturated heterocycles. The first kappa shape index (κ1) is 15.5. The minimum Gasteiger partial charge on any atom is -0.338 e. The summed E-state index contributed by atoms with van der Waals surface area (Å²) < 4.78 is 13.6. The molecule has 0 aliphatic carbocycles. The van der Waals surface area contributed by atoms with Gasteiger partial charge >= 0.3 is 0 Å². The van der Waals surface area contributed by atoms with Crippen molar-refractivity contribution in [1.29, 1.82) is 0 Å². The molecule has 2 nitrogen and oxygen atoms in total. The molecule has 0 saturated carbocycles. The molecule has 0 spiro atoms. The molecule has 1 amide bonds. The molecule has 0 heterocycles. The Morgan fingerprint density at radius 3 is 2.78 bits per heavy atom. The van der Waals surface area contributed by atoms with E-state index < -0.39 is 5.82 Å². The summed E-state index contributed by atoms with van der Waals surface area (Å²) in [5.74, 6) is 0.320. The standard InChI is InChI=1S/C13H17BrFNOS/c1-4-9(8-18-3)16(2)13(17)10-6-5-7-11(15)12(10)14/h5-7,9H,4,8H2,1-3H3. The monoisotopic (exact) mass is 333 g/mol. The van der Waals surface area contributed by atoms with Gasteiger partial charge in [0.15, 0.2) is 0 Å². The van der Waals surface area contributed by atoms with Crippen molar-refractivity contribution in [2.24, 2.45) is 0 Å². The first-order valence-electron chi connectivity index (χ1n) is 5.73. The fraction of sp³-hybridized carbons (Fsp3) is 0.462. The third-order valence-electron chi connectivity index (χ3n) is 2.88. The van der Waals surface area contributed by atoms with Crippen LogP contribution >= 0.6 is 27.7 Å². The van der Waals surface area contributed by atoms with E-state index in [0.29, 0.717) is 5.56 Å². The number of thioether (sulfide) groups is 1. The maximum atomic E-state index is 13.4. The average Bonchev–Trinajstić information content (AvgIpc) is 2.37. The summed E-state index contributed by atoms with van der Waals surface area (Å²) in [6.07, 6.45) is 2.90. The van der Waals surface area contributed by atoms with E-state index in [4.69, 9.17) is 0 Å². The number of amides is 1. The van der Waals surface area contributed by atoms with Crippen LogP contribution in [-0.2, 0) is 0 Å². The summed E-state index contributed by atoms with van der Waals surface area (Å²) in [6, 6.07) is 4.69. The normalized spacial score (nSPS) is 12.3. The van der Waals surface area contributed by atoms with Gasteiger partial charge in [-0.3, -0.25) is 4.79 Å². The van der Waals surface area contributed by atoms with Crippen molar-refractivity contribution in [3.63, 3.8) is 0 Å². The molecule has 1 unspecified atom stereocenters. The van der Waals surface area contributed by atoms with Gasteiger partial charge in [-0.05, 0) is 40.7 Å². The van der Waals surface area contributed by atoms with Crippen molar-refractivity contribution in [1.82, 2.24) is 4.90 Å². The van der Waals surface area contributed by atoms with Crippen molar-refractivity contribution in [3.8, 4) is 0 Å². The summed E-state index contributed by atoms with van der Waals surface area (Å²) in [5.41, 5.74) is 0.372. The molecule has 1 atom stereocenters. The van der Waals surface area contributed by atoms with Gasteiger partial charge in [-0.25, -0.2) is 4.39 Å². The highest BCUT2D eigenvalue weighted by Crippen LogP contribution is 2.23. The Kier molecular flexibility index (Phi) is 6.15. The van der Waals surface area contributed by atoms with Gasteiger partial charge < -0.3 is 4.90 Å². The third-order valence-corrected chi connectivity index (χ3v) is 4.40. The van der Waals surface area contributed by atoms with E-state index in [-0.39, 0.29) is 16.4 Å². The van der Waals surface area contributed by atoms with Gasteiger partial charge in [-0.2, -0.15) is 11.8 Å². The number of halogens is 2. The van der Waals surface area contributed by atoms with Crippen molar-refractivity contribution >= 4 is 33.6 Å². The second kappa shape index (κ2) is 7.14. The molecular formula is C13H17BrFNOS. The number of hydrogen-bond acceptors (Lipinski definition) is 2. The van der Waals surface area contributed by atoms with Gasteiger partial charge in [0.2, 0.25) is 0 Å². The minimum atomic E-state index is -0.410. The molecular weight excluding hydrogens is 317 g/mol. The maximum Gasteiger partial charge on any atom is 0.255 e. The Balaban J connectivity index is 2.95. The van der Waals surface area contributed by atoms with Crippen LogP contribution in [0.15, 0.2) is 22.7 Å². The topological polar surface area (TPSA) is 20.3 Å². The van der Waals surface area contributed by atoms with Crippen LogP contribution in [-0.4, -0.2) is 35.9 Å². The van der Waals surface area contributed by atoms with E-state index >= 15 is 0 Å². The van der Waals surface area contributed by atoms with Crippen LogP contribution in [0.2, 0.25) is 0 Å². The molecule has 0 aliphatic heterocycles. The van der Waals surface area contributed by atoms with Crippen LogP contribution in [0.5, 0.6) is 0 Å². The Morgan fingerprint density at radius 2 is 2.22 bits per heavy atom. The fourth-order valence-electron chi connectivity index (χ4n) is 1.72. The largest absolute Gasteiger partial charge is 0.338 e. The van der Waals surface area contributed by atoms with Crippen molar-refractivity contribution < 1.29 is 9.18 Å². The second-order valence-corrected chi connectivity index (χ2v) is 5.74. The second-order valence-electron chi connectivity index (χ2n) is 4.03. The SMILES string of the molecule is CCC(CSC)N(C)C(=O)c1cccc(F)c1Br. The van der Waals surface area contributed by atoms with Gasteiger partial charge in [-0.1, -0.05) is 13.0 Å². The molecule has 100 valence electrons. The number of nitrogens with zero attached hydrogens (tertiary/aromatic N) is 1. The molecule has 0 radical (unpaired) electrons. The Bertz CT molecular complexity index is 427. The van der Waals surface area contributed by atoms with Gasteiger partial charge in [0.05, 0.1) is 10.0 Å². The summed E-state index contributed by atoms with van der Waals surface area (Å²) in [4.78, 5) is 14.0. The van der Waals surface area contributed by atoms with Crippen molar-refractivity contribution in [2.75, 3.05) is 19.1 Å². The maximum absolute atomic E-state index is 13.4. The van der Waals surface area contributed by atoms with Crippen LogP contribution in [0.25, 0.3) is 0 Å². The lowest BCUT2D eigenvalue weighted by atomic mass is 10.1. The minimum absolute atomic E-state index is 0.151. The van der Waals surface area contributed by atoms with Crippen molar-refractivity contribution in [3.05, 3.63) is 34.1 Å². The smallest absolute Gasteiger partial charge is 0.255 e. The predicted octanol–water partition coefficient (Wildman–Crippen LogP) is 3.80. The van der Waals surface area contributed by atoms with Crippen LogP contribution in [0, 0.1) is 5.82 Å². The average molecular weight is 334 g/mol. The van der Waals surface area contributed by atoms with E-state index in [1.807, 2.05) is 13.2 Å². The molecule has 0 aliphatic rings. The van der Waals surface area contributed by atoms with E-state index in [1.54, 1.807) is 35.8 Å². The number of carbonyl (C=O) groups is 1. The summed E-state index contributed by atoms with van der Waals surface area (Å²) >= 11 is 4.83. The number of carbonyl (C=O) groups excluding carboxylic acids is 1. The highest BCUT2D eigenvalue weighted by molar-refractivity contribution is 9.10. The van der Waals surface area contributed by atoms with E-state index in [0.717, 1.165) is 12.2 Å². The summed E-state index contributed by atoms with van der Waals surface area (Å²) in [5, 5.41) is 0. The van der Waals surface area contributed by atoms with Crippen LogP contribution in [0.4, 0.5) is 4.39 Å². The van der Waals surface area contributed by atoms with E-state index in [1.165, 1.54) is 6.07 Å². The summed E-state index contributed by atoms with van der Waals surface area (Å²) in [7, 11) is 1.77. The van der Waals surface area contributed by atoms with Gasteiger partial charge in [-0.15, -0.1) is 0 Å². The van der Waals surface area contributed by atoms with Crippen LogP contribution in [0.3, 0.4) is 0 Å². The number of benzene rings is 1. The highest BCUT2D eigenvalue weighted by Gasteiger charge is 2.22. The molecule has 18 heavy (non-hydrogen) atoms. The fourth-order valence-corrected chi connectivity index (χ4v) is 3.00. The molecule has 0 fully saturated rings. The first-order chi connectivity index (χ1) is 8.52. The Hall–Kier alpha value is -0.550. The molecule has 5 heteroatoms. The molecule has 1 aromatic carbocycles. The molecule has 1 rings (SSSR count). The first-order valence-corrected chi connectivity index (χ1v) is 7.91.